The zero-order valence-electron chi connectivity index (χ0n) is 16.6. The normalized spacial score (nSPS) is 15.7. The summed E-state index contributed by atoms with van der Waals surface area (Å²) in [5.74, 6) is 0.440. The molecule has 0 spiro atoms. The molecule has 30 heavy (non-hydrogen) atoms. The second kappa shape index (κ2) is 9.34. The summed E-state index contributed by atoms with van der Waals surface area (Å²) < 4.78 is 45.5. The van der Waals surface area contributed by atoms with Crippen molar-refractivity contribution in [1.29, 1.82) is 0 Å². The number of hydrogen-bond acceptors (Lipinski definition) is 4. The average molecular weight is 454 g/mol. The van der Waals surface area contributed by atoms with Gasteiger partial charge in [-0.1, -0.05) is 0 Å². The van der Waals surface area contributed by atoms with Crippen molar-refractivity contribution in [3.05, 3.63) is 59.5 Å². The van der Waals surface area contributed by atoms with Crippen LogP contribution in [0.3, 0.4) is 0 Å². The minimum absolute atomic E-state index is 0. The van der Waals surface area contributed by atoms with Crippen molar-refractivity contribution < 1.29 is 17.5 Å². The first-order chi connectivity index (χ1) is 14.0. The molecule has 1 unspecified atom stereocenters. The highest BCUT2D eigenvalue weighted by molar-refractivity contribution is 7.89. The van der Waals surface area contributed by atoms with Crippen molar-refractivity contribution in [2.24, 2.45) is 0 Å². The van der Waals surface area contributed by atoms with Crippen molar-refractivity contribution in [2.45, 2.75) is 30.2 Å². The number of ether oxygens (including phenoxy) is 1. The van der Waals surface area contributed by atoms with Crippen LogP contribution in [0.25, 0.3) is 10.9 Å². The third kappa shape index (κ3) is 4.62. The molecule has 0 saturated carbocycles. The van der Waals surface area contributed by atoms with Gasteiger partial charge in [-0.05, 0) is 67.8 Å². The predicted molar refractivity (Wildman–Crippen MR) is 118 cm³/mol. The summed E-state index contributed by atoms with van der Waals surface area (Å²) in [5.41, 5.74) is 3.61. The molecule has 0 amide bonds. The Kier molecular flexibility index (Phi) is 7.02. The molecule has 1 atom stereocenters. The van der Waals surface area contributed by atoms with Crippen molar-refractivity contribution in [3.63, 3.8) is 0 Å². The Morgan fingerprint density at radius 3 is 2.63 bits per heavy atom. The first-order valence-corrected chi connectivity index (χ1v) is 11.1. The summed E-state index contributed by atoms with van der Waals surface area (Å²) in [6, 6.07) is 9.12. The molecule has 1 heterocycles. The van der Waals surface area contributed by atoms with Gasteiger partial charge in [0.15, 0.2) is 0 Å². The Morgan fingerprint density at radius 2 is 1.90 bits per heavy atom. The average Bonchev–Trinajstić information content (AvgIpc) is 3.12. The van der Waals surface area contributed by atoms with E-state index in [2.05, 4.69) is 21.2 Å². The molecule has 4 rings (SSSR count). The molecular formula is C21H25ClFN3O3S. The Morgan fingerprint density at radius 1 is 1.13 bits per heavy atom. The van der Waals surface area contributed by atoms with Gasteiger partial charge in [0.2, 0.25) is 10.0 Å². The Bertz CT molecular complexity index is 1120. The number of benzene rings is 2. The SMILES string of the molecule is COc1ccc2[nH]cc3c2c1CC(NCCCNS(=O)(=O)c1ccc(F)cc1)C3.Cl. The first-order valence-electron chi connectivity index (χ1n) is 9.62. The van der Waals surface area contributed by atoms with Crippen LogP contribution in [0.1, 0.15) is 17.5 Å². The highest BCUT2D eigenvalue weighted by atomic mass is 35.5. The maximum atomic E-state index is 13.0. The van der Waals surface area contributed by atoms with E-state index in [-0.39, 0.29) is 23.3 Å². The zero-order chi connectivity index (χ0) is 20.4. The second-order valence-electron chi connectivity index (χ2n) is 7.25. The van der Waals surface area contributed by atoms with Crippen LogP contribution in [0.4, 0.5) is 4.39 Å². The lowest BCUT2D eigenvalue weighted by molar-refractivity contribution is 0.403. The molecule has 162 valence electrons. The number of sulfonamides is 1. The maximum Gasteiger partial charge on any atom is 0.240 e. The number of hydrogen-bond donors (Lipinski definition) is 3. The molecule has 0 bridgehead atoms. The molecule has 0 aliphatic heterocycles. The Labute approximate surface area is 181 Å². The second-order valence-corrected chi connectivity index (χ2v) is 9.01. The summed E-state index contributed by atoms with van der Waals surface area (Å²) in [6.45, 7) is 1.00. The quantitative estimate of drug-likeness (QED) is 0.457. The topological polar surface area (TPSA) is 83.2 Å². The number of aromatic nitrogens is 1. The van der Waals surface area contributed by atoms with Gasteiger partial charge < -0.3 is 15.0 Å². The lowest BCUT2D eigenvalue weighted by Crippen LogP contribution is -2.37. The van der Waals surface area contributed by atoms with E-state index in [1.54, 1.807) is 7.11 Å². The number of methoxy groups -OCH3 is 1. The summed E-state index contributed by atoms with van der Waals surface area (Å²) in [5, 5.41) is 4.78. The molecule has 6 nitrogen and oxygen atoms in total. The molecule has 2 aromatic carbocycles. The number of rotatable bonds is 8. The van der Waals surface area contributed by atoms with Gasteiger partial charge in [0.25, 0.3) is 0 Å². The monoisotopic (exact) mass is 453 g/mol. The van der Waals surface area contributed by atoms with Crippen LogP contribution in [-0.2, 0) is 22.9 Å². The van der Waals surface area contributed by atoms with E-state index in [4.69, 9.17) is 4.74 Å². The third-order valence-corrected chi connectivity index (χ3v) is 6.81. The van der Waals surface area contributed by atoms with Gasteiger partial charge in [0.1, 0.15) is 11.6 Å². The molecule has 1 aromatic heterocycles. The standard InChI is InChI=1S/C21H24FN3O3S.ClH/c1-28-20-8-7-19-21-14(13-24-19)11-16(12-18(20)21)23-9-2-10-25-29(26,27)17-5-3-15(22)4-6-17;/h3-8,13,16,23-25H,2,9-12H2,1H3;1H. The van der Waals surface area contributed by atoms with E-state index in [1.165, 1.54) is 28.6 Å². The van der Waals surface area contributed by atoms with Crippen LogP contribution >= 0.6 is 12.4 Å². The fourth-order valence-electron chi connectivity index (χ4n) is 3.93. The van der Waals surface area contributed by atoms with Crippen molar-refractivity contribution in [3.8, 4) is 5.75 Å². The number of aromatic amines is 1. The van der Waals surface area contributed by atoms with Gasteiger partial charge in [-0.15, -0.1) is 12.4 Å². The lowest BCUT2D eigenvalue weighted by Gasteiger charge is -2.25. The van der Waals surface area contributed by atoms with Crippen LogP contribution in [0.2, 0.25) is 0 Å². The van der Waals surface area contributed by atoms with Crippen LogP contribution < -0.4 is 14.8 Å². The van der Waals surface area contributed by atoms with Gasteiger partial charge in [-0.2, -0.15) is 0 Å². The smallest absolute Gasteiger partial charge is 0.240 e. The van der Waals surface area contributed by atoms with Gasteiger partial charge in [-0.25, -0.2) is 17.5 Å². The van der Waals surface area contributed by atoms with Gasteiger partial charge >= 0.3 is 0 Å². The number of halogens is 2. The Hall–Kier alpha value is -2.13. The number of nitrogens with one attached hydrogen (secondary N) is 3. The molecule has 1 aliphatic rings. The van der Waals surface area contributed by atoms with Crippen molar-refractivity contribution in [1.82, 2.24) is 15.0 Å². The van der Waals surface area contributed by atoms with Crippen LogP contribution in [0.5, 0.6) is 5.75 Å². The third-order valence-electron chi connectivity index (χ3n) is 5.33. The first kappa shape index (κ1) is 22.6. The van der Waals surface area contributed by atoms with Gasteiger partial charge in [-0.3, -0.25) is 0 Å². The van der Waals surface area contributed by atoms with Crippen LogP contribution in [0.15, 0.2) is 47.5 Å². The lowest BCUT2D eigenvalue weighted by atomic mass is 9.88. The fourth-order valence-corrected chi connectivity index (χ4v) is 5.01. The summed E-state index contributed by atoms with van der Waals surface area (Å²) in [6.07, 6.45) is 4.49. The van der Waals surface area contributed by atoms with Gasteiger partial charge in [0.05, 0.1) is 12.0 Å². The van der Waals surface area contributed by atoms with E-state index in [1.807, 2.05) is 12.1 Å². The predicted octanol–water partition coefficient (Wildman–Crippen LogP) is 3.16. The zero-order valence-corrected chi connectivity index (χ0v) is 18.2. The largest absolute Gasteiger partial charge is 0.496 e. The minimum Gasteiger partial charge on any atom is -0.496 e. The minimum atomic E-state index is -3.62. The van der Waals surface area contributed by atoms with Crippen LogP contribution in [-0.4, -0.2) is 39.6 Å². The molecule has 1 aliphatic carbocycles. The molecule has 0 radical (unpaired) electrons. The summed E-state index contributed by atoms with van der Waals surface area (Å²) in [7, 11) is -1.93. The van der Waals surface area contributed by atoms with Crippen molar-refractivity contribution >= 4 is 33.3 Å². The summed E-state index contributed by atoms with van der Waals surface area (Å²) in [4.78, 5) is 3.39. The van der Waals surface area contributed by atoms with Crippen molar-refractivity contribution in [2.75, 3.05) is 20.2 Å². The van der Waals surface area contributed by atoms with E-state index in [0.717, 1.165) is 36.2 Å². The van der Waals surface area contributed by atoms with E-state index < -0.39 is 15.8 Å². The van der Waals surface area contributed by atoms with E-state index in [9.17, 15) is 12.8 Å². The molecule has 3 N–H and O–H groups in total. The molecule has 9 heteroatoms. The fraction of sp³-hybridized carbons (Fsp3) is 0.333. The maximum absolute atomic E-state index is 13.0. The van der Waals surface area contributed by atoms with Gasteiger partial charge in [0, 0.05) is 35.2 Å². The summed E-state index contributed by atoms with van der Waals surface area (Å²) >= 11 is 0. The highest BCUT2D eigenvalue weighted by Crippen LogP contribution is 2.35. The molecular weight excluding hydrogens is 429 g/mol. The number of H-pyrrole nitrogens is 1. The molecule has 3 aromatic rings. The Balaban J connectivity index is 0.00000256. The van der Waals surface area contributed by atoms with E-state index in [0.29, 0.717) is 19.5 Å². The van der Waals surface area contributed by atoms with Crippen LogP contribution in [0, 0.1) is 5.82 Å². The highest BCUT2D eigenvalue weighted by Gasteiger charge is 2.24. The molecule has 0 saturated heterocycles. The molecule has 0 fully saturated rings. The van der Waals surface area contributed by atoms with E-state index >= 15 is 0 Å².